The standard InChI is InChI=1S/C18H20N2O2/c21-18(22-14-15-7-3-1-4-8-15)20-12-11-19-13-17(20)16-9-5-2-6-10-16/h1-10,17,19H,11-14H2/t17-/m0/s1. The van der Waals surface area contributed by atoms with Crippen molar-refractivity contribution in [3.8, 4) is 0 Å². The van der Waals surface area contributed by atoms with Gasteiger partial charge in [0.15, 0.2) is 0 Å². The number of benzene rings is 2. The number of amides is 1. The van der Waals surface area contributed by atoms with Gasteiger partial charge in [-0.3, -0.25) is 4.90 Å². The number of nitrogens with one attached hydrogen (secondary N) is 1. The topological polar surface area (TPSA) is 41.6 Å². The largest absolute Gasteiger partial charge is 0.445 e. The predicted molar refractivity (Wildman–Crippen MR) is 85.4 cm³/mol. The van der Waals surface area contributed by atoms with Crippen LogP contribution in [0.4, 0.5) is 4.79 Å². The van der Waals surface area contributed by atoms with Crippen LogP contribution in [0.2, 0.25) is 0 Å². The summed E-state index contributed by atoms with van der Waals surface area (Å²) in [6.07, 6.45) is -0.251. The number of hydrogen-bond acceptors (Lipinski definition) is 3. The number of rotatable bonds is 3. The minimum Gasteiger partial charge on any atom is -0.445 e. The quantitative estimate of drug-likeness (QED) is 0.947. The van der Waals surface area contributed by atoms with Crippen LogP contribution in [0.3, 0.4) is 0 Å². The fourth-order valence-electron chi connectivity index (χ4n) is 2.70. The van der Waals surface area contributed by atoms with Gasteiger partial charge in [0.25, 0.3) is 0 Å². The van der Waals surface area contributed by atoms with Gasteiger partial charge < -0.3 is 10.1 Å². The zero-order chi connectivity index (χ0) is 15.2. The van der Waals surface area contributed by atoms with Crippen molar-refractivity contribution < 1.29 is 9.53 Å². The van der Waals surface area contributed by atoms with Crippen molar-refractivity contribution in [2.24, 2.45) is 0 Å². The van der Waals surface area contributed by atoms with Crippen LogP contribution in [0.25, 0.3) is 0 Å². The summed E-state index contributed by atoms with van der Waals surface area (Å²) in [5.74, 6) is 0. The summed E-state index contributed by atoms with van der Waals surface area (Å²) in [5.41, 5.74) is 2.13. The highest BCUT2D eigenvalue weighted by Gasteiger charge is 2.28. The summed E-state index contributed by atoms with van der Waals surface area (Å²) in [6.45, 7) is 2.52. The van der Waals surface area contributed by atoms with Gasteiger partial charge in [-0.25, -0.2) is 4.79 Å². The van der Waals surface area contributed by atoms with E-state index in [-0.39, 0.29) is 12.1 Å². The highest BCUT2D eigenvalue weighted by molar-refractivity contribution is 5.68. The van der Waals surface area contributed by atoms with Crippen LogP contribution in [0.1, 0.15) is 17.2 Å². The molecule has 2 aromatic carbocycles. The molecule has 0 radical (unpaired) electrons. The normalized spacial score (nSPS) is 18.0. The molecule has 1 heterocycles. The molecule has 114 valence electrons. The smallest absolute Gasteiger partial charge is 0.410 e. The molecular formula is C18H20N2O2. The Labute approximate surface area is 130 Å². The lowest BCUT2D eigenvalue weighted by molar-refractivity contribution is 0.0720. The third-order valence-electron chi connectivity index (χ3n) is 3.87. The van der Waals surface area contributed by atoms with E-state index in [0.29, 0.717) is 13.2 Å². The second-order valence-electron chi connectivity index (χ2n) is 5.36. The van der Waals surface area contributed by atoms with Crippen molar-refractivity contribution in [1.29, 1.82) is 0 Å². The molecule has 1 aliphatic rings. The zero-order valence-corrected chi connectivity index (χ0v) is 12.4. The third kappa shape index (κ3) is 3.46. The van der Waals surface area contributed by atoms with E-state index >= 15 is 0 Å². The van der Waals surface area contributed by atoms with Crippen molar-refractivity contribution in [1.82, 2.24) is 10.2 Å². The van der Waals surface area contributed by atoms with Crippen molar-refractivity contribution in [2.75, 3.05) is 19.6 Å². The maximum absolute atomic E-state index is 12.4. The molecule has 0 bridgehead atoms. The lowest BCUT2D eigenvalue weighted by Gasteiger charge is -2.35. The molecule has 0 spiro atoms. The predicted octanol–water partition coefficient (Wildman–Crippen LogP) is 2.97. The number of ether oxygens (including phenoxy) is 1. The molecule has 0 unspecified atom stereocenters. The first-order chi connectivity index (χ1) is 10.8. The Morgan fingerprint density at radius 2 is 1.77 bits per heavy atom. The Balaban J connectivity index is 1.66. The lowest BCUT2D eigenvalue weighted by atomic mass is 10.0. The minimum atomic E-state index is -0.251. The van der Waals surface area contributed by atoms with Gasteiger partial charge in [0.2, 0.25) is 0 Å². The Hall–Kier alpha value is -2.33. The van der Waals surface area contributed by atoms with Crippen molar-refractivity contribution in [2.45, 2.75) is 12.6 Å². The fourth-order valence-corrected chi connectivity index (χ4v) is 2.70. The van der Waals surface area contributed by atoms with Crippen LogP contribution in [0, 0.1) is 0 Å². The van der Waals surface area contributed by atoms with Crippen LogP contribution in [0.5, 0.6) is 0 Å². The maximum atomic E-state index is 12.4. The molecule has 1 amide bonds. The number of hydrogen-bond donors (Lipinski definition) is 1. The number of carbonyl (C=O) groups is 1. The Bertz CT molecular complexity index is 601. The van der Waals surface area contributed by atoms with E-state index in [1.54, 1.807) is 0 Å². The molecule has 1 N–H and O–H groups in total. The Morgan fingerprint density at radius 1 is 1.09 bits per heavy atom. The minimum absolute atomic E-state index is 0.0261. The molecule has 4 nitrogen and oxygen atoms in total. The van der Waals surface area contributed by atoms with E-state index in [2.05, 4.69) is 17.4 Å². The van der Waals surface area contributed by atoms with Gasteiger partial charge in [-0.15, -0.1) is 0 Å². The second kappa shape index (κ2) is 7.09. The van der Waals surface area contributed by atoms with Crippen LogP contribution in [-0.4, -0.2) is 30.6 Å². The average molecular weight is 296 g/mol. The van der Waals surface area contributed by atoms with E-state index in [0.717, 1.165) is 24.2 Å². The van der Waals surface area contributed by atoms with Gasteiger partial charge in [-0.2, -0.15) is 0 Å². The summed E-state index contributed by atoms with van der Waals surface area (Å²) < 4.78 is 5.48. The van der Waals surface area contributed by atoms with Gasteiger partial charge >= 0.3 is 6.09 Å². The van der Waals surface area contributed by atoms with E-state index in [1.807, 2.05) is 53.4 Å². The summed E-state index contributed by atoms with van der Waals surface area (Å²) in [4.78, 5) is 14.2. The van der Waals surface area contributed by atoms with E-state index in [4.69, 9.17) is 4.74 Å². The summed E-state index contributed by atoms with van der Waals surface area (Å²) in [6, 6.07) is 19.9. The molecule has 1 aliphatic heterocycles. The highest BCUT2D eigenvalue weighted by Crippen LogP contribution is 2.23. The number of carbonyl (C=O) groups excluding carboxylic acids is 1. The van der Waals surface area contributed by atoms with Crippen molar-refractivity contribution in [3.63, 3.8) is 0 Å². The molecule has 3 rings (SSSR count). The molecular weight excluding hydrogens is 276 g/mol. The maximum Gasteiger partial charge on any atom is 0.410 e. The van der Waals surface area contributed by atoms with E-state index < -0.39 is 0 Å². The van der Waals surface area contributed by atoms with Gasteiger partial charge in [0.05, 0.1) is 6.04 Å². The molecule has 0 aliphatic carbocycles. The molecule has 0 aromatic heterocycles. The Kier molecular flexibility index (Phi) is 4.71. The van der Waals surface area contributed by atoms with Crippen LogP contribution >= 0.6 is 0 Å². The molecule has 4 heteroatoms. The second-order valence-corrected chi connectivity index (χ2v) is 5.36. The summed E-state index contributed by atoms with van der Waals surface area (Å²) in [5, 5.41) is 3.34. The van der Waals surface area contributed by atoms with Gasteiger partial charge in [-0.05, 0) is 11.1 Å². The van der Waals surface area contributed by atoms with Crippen LogP contribution in [0.15, 0.2) is 60.7 Å². The molecule has 1 atom stereocenters. The highest BCUT2D eigenvalue weighted by atomic mass is 16.6. The van der Waals surface area contributed by atoms with Gasteiger partial charge in [0, 0.05) is 19.6 Å². The zero-order valence-electron chi connectivity index (χ0n) is 12.4. The van der Waals surface area contributed by atoms with Gasteiger partial charge in [-0.1, -0.05) is 60.7 Å². The monoisotopic (exact) mass is 296 g/mol. The van der Waals surface area contributed by atoms with Crippen molar-refractivity contribution in [3.05, 3.63) is 71.8 Å². The molecule has 22 heavy (non-hydrogen) atoms. The van der Waals surface area contributed by atoms with E-state index in [1.165, 1.54) is 0 Å². The first-order valence-corrected chi connectivity index (χ1v) is 7.57. The number of nitrogens with zero attached hydrogens (tertiary/aromatic N) is 1. The van der Waals surface area contributed by atoms with Crippen LogP contribution < -0.4 is 5.32 Å². The molecule has 2 aromatic rings. The van der Waals surface area contributed by atoms with Gasteiger partial charge in [0.1, 0.15) is 6.61 Å². The molecule has 0 saturated carbocycles. The van der Waals surface area contributed by atoms with Crippen molar-refractivity contribution >= 4 is 6.09 Å². The molecule has 1 saturated heterocycles. The first-order valence-electron chi connectivity index (χ1n) is 7.57. The fraction of sp³-hybridized carbons (Fsp3) is 0.278. The van der Waals surface area contributed by atoms with Crippen LogP contribution in [-0.2, 0) is 11.3 Å². The Morgan fingerprint density at radius 3 is 2.50 bits per heavy atom. The van der Waals surface area contributed by atoms with E-state index in [9.17, 15) is 4.79 Å². The third-order valence-corrected chi connectivity index (χ3v) is 3.87. The lowest BCUT2D eigenvalue weighted by Crippen LogP contribution is -2.48. The molecule has 1 fully saturated rings. The summed E-state index contributed by atoms with van der Waals surface area (Å²) >= 11 is 0. The first kappa shape index (κ1) is 14.6. The average Bonchev–Trinajstić information content (AvgIpc) is 2.61. The summed E-state index contributed by atoms with van der Waals surface area (Å²) in [7, 11) is 0. The SMILES string of the molecule is O=C(OCc1ccccc1)N1CCNC[C@H]1c1ccccc1. The number of piperazine rings is 1.